The van der Waals surface area contributed by atoms with E-state index in [4.69, 9.17) is 5.26 Å². The maximum absolute atomic E-state index is 11.3. The molecule has 0 N–H and O–H groups in total. The minimum absolute atomic E-state index is 0.0743. The molecule has 8 heteroatoms. The van der Waals surface area contributed by atoms with E-state index < -0.39 is 9.84 Å². The van der Waals surface area contributed by atoms with Gasteiger partial charge in [0, 0.05) is 18.6 Å². The van der Waals surface area contributed by atoms with Crippen LogP contribution in [0.25, 0.3) is 5.95 Å². The Kier molecular flexibility index (Phi) is 2.61. The zero-order valence-electron chi connectivity index (χ0n) is 8.77. The van der Waals surface area contributed by atoms with Crippen molar-refractivity contribution in [3.63, 3.8) is 0 Å². The molecule has 0 aliphatic rings. The third-order valence-electron chi connectivity index (χ3n) is 1.93. The first kappa shape index (κ1) is 11.2. The van der Waals surface area contributed by atoms with Crippen LogP contribution in [0.15, 0.2) is 29.8 Å². The Hall–Kier alpha value is -2.27. The molecule has 0 aliphatic carbocycles. The lowest BCUT2D eigenvalue weighted by atomic mass is 10.5. The smallest absolute Gasteiger partial charge is 0.236 e. The van der Waals surface area contributed by atoms with Crippen LogP contribution in [0.2, 0.25) is 0 Å². The molecule has 0 saturated heterocycles. The van der Waals surface area contributed by atoms with E-state index in [1.54, 1.807) is 0 Å². The van der Waals surface area contributed by atoms with E-state index >= 15 is 0 Å². The minimum atomic E-state index is -3.38. The van der Waals surface area contributed by atoms with Crippen molar-refractivity contribution in [2.75, 3.05) is 6.26 Å². The van der Waals surface area contributed by atoms with E-state index in [-0.39, 0.29) is 16.7 Å². The molecule has 86 valence electrons. The Labute approximate surface area is 97.3 Å². The Morgan fingerprint density at radius 1 is 1.41 bits per heavy atom. The lowest BCUT2D eigenvalue weighted by Gasteiger charge is -2.01. The second kappa shape index (κ2) is 3.95. The van der Waals surface area contributed by atoms with E-state index in [1.165, 1.54) is 29.4 Å². The number of sulfone groups is 1. The van der Waals surface area contributed by atoms with Crippen LogP contribution >= 0.6 is 0 Å². The Balaban J connectivity index is 2.51. The molecule has 2 aromatic heterocycles. The zero-order valence-corrected chi connectivity index (χ0v) is 9.59. The van der Waals surface area contributed by atoms with Crippen LogP contribution in [0, 0.1) is 11.3 Å². The van der Waals surface area contributed by atoms with Gasteiger partial charge in [-0.2, -0.15) is 5.26 Å². The van der Waals surface area contributed by atoms with Gasteiger partial charge in [0.15, 0.2) is 20.6 Å². The molecule has 0 unspecified atom stereocenters. The van der Waals surface area contributed by atoms with E-state index in [9.17, 15) is 8.42 Å². The van der Waals surface area contributed by atoms with Crippen molar-refractivity contribution < 1.29 is 8.42 Å². The average molecular weight is 249 g/mol. The summed E-state index contributed by atoms with van der Waals surface area (Å²) in [5.41, 5.74) is 0.207. The number of imidazole rings is 1. The molecule has 7 nitrogen and oxygen atoms in total. The minimum Gasteiger partial charge on any atom is -0.273 e. The average Bonchev–Trinajstić information content (AvgIpc) is 2.76. The number of hydrogen-bond donors (Lipinski definition) is 0. The molecule has 0 radical (unpaired) electrons. The summed E-state index contributed by atoms with van der Waals surface area (Å²) in [5, 5.41) is 8.54. The highest BCUT2D eigenvalue weighted by molar-refractivity contribution is 7.90. The van der Waals surface area contributed by atoms with Crippen molar-refractivity contribution in [3.05, 3.63) is 30.5 Å². The predicted octanol–water partition coefficient (Wildman–Crippen LogP) is -0.0625. The van der Waals surface area contributed by atoms with Crippen LogP contribution < -0.4 is 0 Å². The van der Waals surface area contributed by atoms with Gasteiger partial charge in [-0.3, -0.25) is 4.57 Å². The van der Waals surface area contributed by atoms with Gasteiger partial charge in [0.1, 0.15) is 12.4 Å². The highest BCUT2D eigenvalue weighted by Crippen LogP contribution is 2.07. The highest BCUT2D eigenvalue weighted by atomic mass is 32.2. The fraction of sp³-hybridized carbons (Fsp3) is 0.111. The van der Waals surface area contributed by atoms with Crippen molar-refractivity contribution in [3.8, 4) is 12.0 Å². The van der Waals surface area contributed by atoms with Gasteiger partial charge in [0.2, 0.25) is 5.95 Å². The first-order valence-electron chi connectivity index (χ1n) is 4.48. The van der Waals surface area contributed by atoms with Gasteiger partial charge >= 0.3 is 0 Å². The van der Waals surface area contributed by atoms with Crippen LogP contribution in [-0.2, 0) is 9.84 Å². The predicted molar refractivity (Wildman–Crippen MR) is 57.0 cm³/mol. The Morgan fingerprint density at radius 2 is 2.18 bits per heavy atom. The molecular formula is C9H7N5O2S. The van der Waals surface area contributed by atoms with Gasteiger partial charge in [0.05, 0.1) is 0 Å². The van der Waals surface area contributed by atoms with Crippen molar-refractivity contribution in [2.45, 2.75) is 5.03 Å². The normalized spacial score (nSPS) is 11.1. The molecule has 0 amide bonds. The molecule has 0 bridgehead atoms. The summed E-state index contributed by atoms with van der Waals surface area (Å²) in [6.07, 6.45) is 5.17. The SMILES string of the molecule is CS(=O)(=O)c1ccnc(-n2cnc(C#N)c2)n1. The molecule has 0 aromatic carbocycles. The van der Waals surface area contributed by atoms with Crippen molar-refractivity contribution in [2.24, 2.45) is 0 Å². The van der Waals surface area contributed by atoms with Gasteiger partial charge in [-0.25, -0.2) is 23.4 Å². The fourth-order valence-electron chi connectivity index (χ4n) is 1.15. The van der Waals surface area contributed by atoms with Gasteiger partial charge < -0.3 is 0 Å². The summed E-state index contributed by atoms with van der Waals surface area (Å²) < 4.78 is 24.0. The Morgan fingerprint density at radius 3 is 2.76 bits per heavy atom. The van der Waals surface area contributed by atoms with Gasteiger partial charge in [0.25, 0.3) is 0 Å². The van der Waals surface area contributed by atoms with Crippen LogP contribution in [0.3, 0.4) is 0 Å². The summed E-state index contributed by atoms with van der Waals surface area (Å²) in [7, 11) is -3.38. The molecule has 2 heterocycles. The maximum Gasteiger partial charge on any atom is 0.236 e. The monoisotopic (exact) mass is 249 g/mol. The number of aromatic nitrogens is 4. The van der Waals surface area contributed by atoms with Crippen molar-refractivity contribution in [1.29, 1.82) is 5.26 Å². The molecule has 0 atom stereocenters. The zero-order chi connectivity index (χ0) is 12.5. The van der Waals surface area contributed by atoms with E-state index in [2.05, 4.69) is 15.0 Å². The molecule has 0 spiro atoms. The van der Waals surface area contributed by atoms with Crippen LogP contribution in [0.1, 0.15) is 5.69 Å². The molecule has 17 heavy (non-hydrogen) atoms. The summed E-state index contributed by atoms with van der Waals surface area (Å²) in [5.74, 6) is 0.155. The quantitative estimate of drug-likeness (QED) is 0.691. The molecule has 0 fully saturated rings. The topological polar surface area (TPSA) is 102 Å². The molecule has 0 aliphatic heterocycles. The number of hydrogen-bond acceptors (Lipinski definition) is 6. The summed E-state index contributed by atoms with van der Waals surface area (Å²) in [4.78, 5) is 11.6. The van der Waals surface area contributed by atoms with E-state index in [0.717, 1.165) is 6.26 Å². The lowest BCUT2D eigenvalue weighted by Crippen LogP contribution is -2.05. The number of nitriles is 1. The largest absolute Gasteiger partial charge is 0.273 e. The standard InChI is InChI=1S/C9H7N5O2S/c1-17(15,16)8-2-3-11-9(13-8)14-5-7(4-10)12-6-14/h2-3,5-6H,1H3. The first-order valence-corrected chi connectivity index (χ1v) is 6.37. The molecule has 2 rings (SSSR count). The Bertz CT molecular complexity index is 698. The second-order valence-electron chi connectivity index (χ2n) is 3.25. The van der Waals surface area contributed by atoms with Crippen LogP contribution in [0.5, 0.6) is 0 Å². The van der Waals surface area contributed by atoms with E-state index in [0.29, 0.717) is 0 Å². The third kappa shape index (κ3) is 2.29. The van der Waals surface area contributed by atoms with E-state index in [1.807, 2.05) is 6.07 Å². The lowest BCUT2D eigenvalue weighted by molar-refractivity contribution is 0.597. The highest BCUT2D eigenvalue weighted by Gasteiger charge is 2.11. The molecule has 0 saturated carbocycles. The first-order chi connectivity index (χ1) is 8.00. The van der Waals surface area contributed by atoms with Gasteiger partial charge in [-0.15, -0.1) is 0 Å². The number of nitrogens with zero attached hydrogens (tertiary/aromatic N) is 5. The van der Waals surface area contributed by atoms with Crippen LogP contribution in [-0.4, -0.2) is 34.2 Å². The maximum atomic E-state index is 11.3. The molecule has 2 aromatic rings. The van der Waals surface area contributed by atoms with Gasteiger partial charge in [-0.1, -0.05) is 0 Å². The summed E-state index contributed by atoms with van der Waals surface area (Å²) in [6.45, 7) is 0. The van der Waals surface area contributed by atoms with Crippen LogP contribution in [0.4, 0.5) is 0 Å². The number of rotatable bonds is 2. The third-order valence-corrected chi connectivity index (χ3v) is 2.91. The molecular weight excluding hydrogens is 242 g/mol. The summed E-state index contributed by atoms with van der Waals surface area (Å²) >= 11 is 0. The second-order valence-corrected chi connectivity index (χ2v) is 5.21. The van der Waals surface area contributed by atoms with Gasteiger partial charge in [-0.05, 0) is 6.07 Å². The summed E-state index contributed by atoms with van der Waals surface area (Å²) in [6, 6.07) is 3.16. The fourth-order valence-corrected chi connectivity index (χ4v) is 1.71. The van der Waals surface area contributed by atoms with Crippen molar-refractivity contribution in [1.82, 2.24) is 19.5 Å². The van der Waals surface area contributed by atoms with Crippen molar-refractivity contribution >= 4 is 9.84 Å².